The van der Waals surface area contributed by atoms with Gasteiger partial charge in [0.05, 0.1) is 0 Å². The first-order valence-electron chi connectivity index (χ1n) is 7.43. The molecule has 0 radical (unpaired) electrons. The number of aromatic amines is 1. The zero-order valence-corrected chi connectivity index (χ0v) is 12.0. The Balaban J connectivity index is 1.49. The molecule has 5 nitrogen and oxygen atoms in total. The maximum absolute atomic E-state index is 12.2. The van der Waals surface area contributed by atoms with Gasteiger partial charge in [0.2, 0.25) is 0 Å². The Kier molecular flexibility index (Phi) is 4.31. The number of carbonyl (C=O) groups is 1. The summed E-state index contributed by atoms with van der Waals surface area (Å²) < 4.78 is 0. The summed E-state index contributed by atoms with van der Waals surface area (Å²) in [5, 5.41) is 13.4. The first-order chi connectivity index (χ1) is 10.3. The van der Waals surface area contributed by atoms with E-state index in [0.29, 0.717) is 12.2 Å². The average molecular weight is 284 g/mol. The molecule has 0 unspecified atom stereocenters. The fraction of sp³-hybridized carbons (Fsp3) is 0.375. The van der Waals surface area contributed by atoms with Crippen LogP contribution in [0.4, 0.5) is 0 Å². The lowest BCUT2D eigenvalue weighted by Crippen LogP contribution is -2.29. The molecular weight excluding hydrogens is 264 g/mol. The highest BCUT2D eigenvalue weighted by molar-refractivity contribution is 5.94. The maximum Gasteiger partial charge on any atom is 0.272 e. The van der Waals surface area contributed by atoms with Gasteiger partial charge >= 0.3 is 0 Å². The van der Waals surface area contributed by atoms with Crippen molar-refractivity contribution in [1.29, 1.82) is 0 Å². The second-order valence-corrected chi connectivity index (χ2v) is 5.30. The number of aryl methyl sites for hydroxylation is 1. The second-order valence-electron chi connectivity index (χ2n) is 5.30. The van der Waals surface area contributed by atoms with Crippen LogP contribution in [0.2, 0.25) is 0 Å². The summed E-state index contributed by atoms with van der Waals surface area (Å²) in [6.07, 6.45) is 2.81. The van der Waals surface area contributed by atoms with E-state index in [9.17, 15) is 4.79 Å². The number of hydrogen-bond acceptors (Lipinski definition) is 3. The third-order valence-corrected chi connectivity index (χ3v) is 3.79. The fourth-order valence-corrected chi connectivity index (χ4v) is 2.64. The van der Waals surface area contributed by atoms with Crippen LogP contribution in [0.1, 0.15) is 33.7 Å². The Hall–Kier alpha value is -2.14. The number of rotatable bonds is 5. The molecule has 0 atom stereocenters. The van der Waals surface area contributed by atoms with Gasteiger partial charge < -0.3 is 10.6 Å². The topological polar surface area (TPSA) is 69.8 Å². The van der Waals surface area contributed by atoms with Crippen LogP contribution in [0.3, 0.4) is 0 Å². The second kappa shape index (κ2) is 6.54. The Labute approximate surface area is 124 Å². The monoisotopic (exact) mass is 284 g/mol. The zero-order valence-electron chi connectivity index (χ0n) is 12.0. The molecule has 3 rings (SSSR count). The number of amides is 1. The first kappa shape index (κ1) is 13.8. The van der Waals surface area contributed by atoms with Gasteiger partial charge in [0.15, 0.2) is 5.69 Å². The molecule has 110 valence electrons. The third-order valence-electron chi connectivity index (χ3n) is 3.79. The number of H-pyrrole nitrogens is 1. The minimum Gasteiger partial charge on any atom is -0.351 e. The number of nitrogens with one attached hydrogen (secondary N) is 3. The molecule has 0 saturated carbocycles. The number of hydrogen-bond donors (Lipinski definition) is 3. The zero-order chi connectivity index (χ0) is 14.5. The van der Waals surface area contributed by atoms with E-state index in [0.717, 1.165) is 43.6 Å². The average Bonchev–Trinajstić information content (AvgIpc) is 2.96. The number of aromatic nitrogens is 2. The van der Waals surface area contributed by atoms with Gasteiger partial charge in [-0.3, -0.25) is 9.89 Å². The lowest BCUT2D eigenvalue weighted by Gasteiger charge is -2.12. The fourth-order valence-electron chi connectivity index (χ4n) is 2.64. The highest BCUT2D eigenvalue weighted by Crippen LogP contribution is 2.15. The summed E-state index contributed by atoms with van der Waals surface area (Å²) >= 11 is 0. The van der Waals surface area contributed by atoms with E-state index in [4.69, 9.17) is 0 Å². The van der Waals surface area contributed by atoms with Crippen molar-refractivity contribution in [1.82, 2.24) is 20.8 Å². The van der Waals surface area contributed by atoms with E-state index in [1.807, 2.05) is 18.2 Å². The van der Waals surface area contributed by atoms with Crippen molar-refractivity contribution in [3.05, 3.63) is 52.8 Å². The summed E-state index contributed by atoms with van der Waals surface area (Å²) in [6.45, 7) is 2.33. The normalized spacial score (nSPS) is 13.7. The lowest BCUT2D eigenvalue weighted by atomic mass is 10.1. The molecule has 1 aromatic heterocycles. The van der Waals surface area contributed by atoms with Crippen molar-refractivity contribution in [3.8, 4) is 0 Å². The van der Waals surface area contributed by atoms with Crippen LogP contribution in [-0.4, -0.2) is 29.2 Å². The Bertz CT molecular complexity index is 606. The Morgan fingerprint density at radius 1 is 1.29 bits per heavy atom. The molecule has 5 heteroatoms. The van der Waals surface area contributed by atoms with Crippen molar-refractivity contribution >= 4 is 5.91 Å². The summed E-state index contributed by atoms with van der Waals surface area (Å²) in [5.41, 5.74) is 3.94. The third kappa shape index (κ3) is 3.31. The standard InChI is InChI=1S/C16H20N4O/c21-16(15-13-11-17-10-8-14(13)19-20-15)18-9-4-7-12-5-2-1-3-6-12/h1-3,5-6,17H,4,7-11H2,(H,18,21)(H,19,20). The van der Waals surface area contributed by atoms with Gasteiger partial charge in [-0.15, -0.1) is 0 Å². The van der Waals surface area contributed by atoms with Crippen LogP contribution in [0.5, 0.6) is 0 Å². The molecule has 0 fully saturated rings. The molecule has 1 aliphatic heterocycles. The number of benzene rings is 1. The van der Waals surface area contributed by atoms with E-state index in [-0.39, 0.29) is 5.91 Å². The first-order valence-corrected chi connectivity index (χ1v) is 7.43. The van der Waals surface area contributed by atoms with Gasteiger partial charge in [0.1, 0.15) is 0 Å². The van der Waals surface area contributed by atoms with E-state index in [2.05, 4.69) is 33.0 Å². The molecule has 0 aliphatic carbocycles. The lowest BCUT2D eigenvalue weighted by molar-refractivity contribution is 0.0947. The minimum absolute atomic E-state index is 0.0794. The Morgan fingerprint density at radius 2 is 2.14 bits per heavy atom. The molecule has 0 bridgehead atoms. The minimum atomic E-state index is -0.0794. The molecule has 1 aliphatic rings. The van der Waals surface area contributed by atoms with Crippen molar-refractivity contribution in [3.63, 3.8) is 0 Å². The van der Waals surface area contributed by atoms with Gasteiger partial charge in [0, 0.05) is 37.3 Å². The van der Waals surface area contributed by atoms with Gasteiger partial charge in [-0.1, -0.05) is 30.3 Å². The molecule has 3 N–H and O–H groups in total. The van der Waals surface area contributed by atoms with Crippen LogP contribution in [0.25, 0.3) is 0 Å². The summed E-state index contributed by atoms with van der Waals surface area (Å²) in [4.78, 5) is 12.2. The van der Waals surface area contributed by atoms with Crippen LogP contribution in [-0.2, 0) is 19.4 Å². The Morgan fingerprint density at radius 3 is 3.00 bits per heavy atom. The molecule has 2 heterocycles. The van der Waals surface area contributed by atoms with Crippen LogP contribution < -0.4 is 10.6 Å². The van der Waals surface area contributed by atoms with Crippen molar-refractivity contribution in [2.75, 3.05) is 13.1 Å². The van der Waals surface area contributed by atoms with Gasteiger partial charge in [0.25, 0.3) is 5.91 Å². The number of carbonyl (C=O) groups excluding carboxylic acids is 1. The van der Waals surface area contributed by atoms with E-state index in [1.165, 1.54) is 5.56 Å². The van der Waals surface area contributed by atoms with Crippen molar-refractivity contribution in [2.24, 2.45) is 0 Å². The molecule has 2 aromatic rings. The molecule has 1 aromatic carbocycles. The highest BCUT2D eigenvalue weighted by atomic mass is 16.1. The summed E-state index contributed by atoms with van der Waals surface area (Å²) in [6, 6.07) is 10.3. The van der Waals surface area contributed by atoms with Crippen molar-refractivity contribution in [2.45, 2.75) is 25.8 Å². The van der Waals surface area contributed by atoms with E-state index in [1.54, 1.807) is 0 Å². The number of fused-ring (bicyclic) bond motifs is 1. The summed E-state index contributed by atoms with van der Waals surface area (Å²) in [7, 11) is 0. The van der Waals surface area contributed by atoms with Gasteiger partial charge in [-0.25, -0.2) is 0 Å². The molecule has 0 saturated heterocycles. The SMILES string of the molecule is O=C(NCCCc1ccccc1)c1n[nH]c2c1CNCC2. The van der Waals surface area contributed by atoms with Crippen LogP contribution >= 0.6 is 0 Å². The van der Waals surface area contributed by atoms with Crippen molar-refractivity contribution < 1.29 is 4.79 Å². The van der Waals surface area contributed by atoms with Gasteiger partial charge in [-0.05, 0) is 18.4 Å². The summed E-state index contributed by atoms with van der Waals surface area (Å²) in [5.74, 6) is -0.0794. The van der Waals surface area contributed by atoms with E-state index < -0.39 is 0 Å². The van der Waals surface area contributed by atoms with Crippen LogP contribution in [0.15, 0.2) is 30.3 Å². The van der Waals surface area contributed by atoms with Gasteiger partial charge in [-0.2, -0.15) is 5.10 Å². The predicted octanol–water partition coefficient (Wildman–Crippen LogP) is 1.42. The molecule has 21 heavy (non-hydrogen) atoms. The maximum atomic E-state index is 12.2. The predicted molar refractivity (Wildman–Crippen MR) is 81.1 cm³/mol. The molecule has 0 spiro atoms. The smallest absolute Gasteiger partial charge is 0.272 e. The number of nitrogens with zero attached hydrogens (tertiary/aromatic N) is 1. The van der Waals surface area contributed by atoms with E-state index >= 15 is 0 Å². The quantitative estimate of drug-likeness (QED) is 0.727. The molecule has 1 amide bonds. The highest BCUT2D eigenvalue weighted by Gasteiger charge is 2.20. The van der Waals surface area contributed by atoms with Crippen LogP contribution in [0, 0.1) is 0 Å². The molecular formula is C16H20N4O. The largest absolute Gasteiger partial charge is 0.351 e.